The van der Waals surface area contributed by atoms with Crippen molar-refractivity contribution in [2.24, 2.45) is 0 Å². The second kappa shape index (κ2) is 17.0. The lowest BCUT2D eigenvalue weighted by Crippen LogP contribution is -2.32. The van der Waals surface area contributed by atoms with Gasteiger partial charge in [-0.15, -0.1) is 13.2 Å². The highest BCUT2D eigenvalue weighted by atomic mass is 35.5. The van der Waals surface area contributed by atoms with Crippen LogP contribution in [-0.4, -0.2) is 16.5 Å². The van der Waals surface area contributed by atoms with E-state index in [0.717, 1.165) is 46.5 Å². The van der Waals surface area contributed by atoms with E-state index in [2.05, 4.69) is 32.3 Å². The molecule has 0 fully saturated rings. The normalized spacial score (nSPS) is 15.4. The van der Waals surface area contributed by atoms with Crippen LogP contribution in [0, 0.1) is 0 Å². The molecule has 208 valence electrons. The van der Waals surface area contributed by atoms with Crippen molar-refractivity contribution in [3.63, 3.8) is 0 Å². The molecule has 6 heteroatoms. The van der Waals surface area contributed by atoms with Crippen LogP contribution >= 0.6 is 23.2 Å². The first-order valence-electron chi connectivity index (χ1n) is 13.0. The molecule has 2 unspecified atom stereocenters. The smallest absolute Gasteiger partial charge is 0.121 e. The van der Waals surface area contributed by atoms with Crippen LogP contribution in [0.15, 0.2) is 115 Å². The Bertz CT molecular complexity index is 1230. The highest BCUT2D eigenvalue weighted by Gasteiger charge is 2.35. The molecule has 3 aromatic carbocycles. The summed E-state index contributed by atoms with van der Waals surface area (Å²) in [6, 6.07) is 25.3. The van der Waals surface area contributed by atoms with Crippen molar-refractivity contribution in [1.29, 1.82) is 0 Å². The van der Waals surface area contributed by atoms with E-state index < -0.39 is 6.10 Å². The summed E-state index contributed by atoms with van der Waals surface area (Å²) in [5, 5.41) is 23.0. The molecule has 0 radical (unpaired) electrons. The zero-order valence-electron chi connectivity index (χ0n) is 23.0. The Morgan fingerprint density at radius 1 is 0.872 bits per heavy atom. The van der Waals surface area contributed by atoms with Crippen molar-refractivity contribution >= 4 is 23.2 Å². The van der Waals surface area contributed by atoms with Gasteiger partial charge in [0.25, 0.3) is 0 Å². The fourth-order valence-corrected chi connectivity index (χ4v) is 5.21. The molecule has 0 aliphatic carbocycles. The van der Waals surface area contributed by atoms with Gasteiger partial charge in [-0.05, 0) is 54.2 Å². The Kier molecular flexibility index (Phi) is 14.1. The highest BCUT2D eigenvalue weighted by Crippen LogP contribution is 2.46. The van der Waals surface area contributed by atoms with Crippen molar-refractivity contribution in [1.82, 2.24) is 5.32 Å². The first-order chi connectivity index (χ1) is 18.9. The van der Waals surface area contributed by atoms with Gasteiger partial charge in [-0.3, -0.25) is 5.26 Å². The quantitative estimate of drug-likeness (QED) is 0.144. The number of nitrogens with one attached hydrogen (secondary N) is 1. The van der Waals surface area contributed by atoms with E-state index in [1.807, 2.05) is 79.7 Å². The maximum atomic E-state index is 9.89. The first kappa shape index (κ1) is 32.4. The molecule has 4 rings (SSSR count). The van der Waals surface area contributed by atoms with Crippen LogP contribution in [0.4, 0.5) is 0 Å². The summed E-state index contributed by atoms with van der Waals surface area (Å²) in [4.78, 5) is 5.05. The average Bonchev–Trinajstić information content (AvgIpc) is 2.97. The number of halogens is 2. The van der Waals surface area contributed by atoms with Gasteiger partial charge in [0, 0.05) is 23.7 Å². The van der Waals surface area contributed by atoms with Gasteiger partial charge in [0.2, 0.25) is 0 Å². The number of hydrogen-bond donors (Lipinski definition) is 3. The Morgan fingerprint density at radius 3 is 1.97 bits per heavy atom. The van der Waals surface area contributed by atoms with Gasteiger partial charge in [-0.25, -0.2) is 4.89 Å². The second-order valence-electron chi connectivity index (χ2n) is 9.11. The molecule has 0 saturated heterocycles. The number of dihydropyridines is 1. The van der Waals surface area contributed by atoms with Crippen LogP contribution in [0.1, 0.15) is 56.2 Å². The van der Waals surface area contributed by atoms with Gasteiger partial charge >= 0.3 is 0 Å². The van der Waals surface area contributed by atoms with Crippen LogP contribution in [0.25, 0.3) is 0 Å². The van der Waals surface area contributed by atoms with Gasteiger partial charge in [-0.2, -0.15) is 0 Å². The predicted molar refractivity (Wildman–Crippen MR) is 164 cm³/mol. The lowest BCUT2D eigenvalue weighted by atomic mass is 9.76. The first-order valence-corrected chi connectivity index (χ1v) is 13.8. The summed E-state index contributed by atoms with van der Waals surface area (Å²) >= 11 is 13.0. The zero-order chi connectivity index (χ0) is 28.8. The third-order valence-corrected chi connectivity index (χ3v) is 7.36. The monoisotopic (exact) mass is 567 g/mol. The van der Waals surface area contributed by atoms with E-state index in [1.165, 1.54) is 5.57 Å². The highest BCUT2D eigenvalue weighted by molar-refractivity contribution is 6.42. The number of hydrogen-bond acceptors (Lipinski definition) is 4. The molecule has 0 aromatic heterocycles. The maximum Gasteiger partial charge on any atom is 0.121 e. The molecular formula is C33H39Cl2NO3. The number of aliphatic hydroxyl groups excluding tert-OH is 1. The minimum Gasteiger partial charge on any atom is -0.392 e. The molecular weight excluding hydrogens is 529 g/mol. The van der Waals surface area contributed by atoms with Gasteiger partial charge in [0.05, 0.1) is 16.7 Å². The average molecular weight is 569 g/mol. The summed E-state index contributed by atoms with van der Waals surface area (Å²) in [7, 11) is 0. The summed E-state index contributed by atoms with van der Waals surface area (Å²) < 4.78 is 0. The third kappa shape index (κ3) is 8.82. The van der Waals surface area contributed by atoms with Crippen molar-refractivity contribution in [2.45, 2.75) is 58.7 Å². The SMILES string of the molecule is C=C.CCCC1=C(C)NC(C)=C(C(Cc2ccccc2)OO)C1c1cccc(Cl)c1Cl.OCc1ccccc1. The second-order valence-corrected chi connectivity index (χ2v) is 9.89. The van der Waals surface area contributed by atoms with Crippen molar-refractivity contribution in [3.05, 3.63) is 141 Å². The van der Waals surface area contributed by atoms with E-state index in [9.17, 15) is 5.26 Å². The van der Waals surface area contributed by atoms with Crippen molar-refractivity contribution < 1.29 is 15.3 Å². The fourth-order valence-electron chi connectivity index (χ4n) is 4.80. The minimum absolute atomic E-state index is 0.108. The standard InChI is InChI=1S/C24H27Cl2NO2.C7H8O.C2H4/c1-4-9-18-15(2)27-16(3)22(21(29-28)14-17-10-6-5-7-11-17)23(18)19-12-8-13-20(25)24(19)26;8-6-7-4-2-1-3-5-7;1-2/h5-8,10-13,21,23,27-28H,4,9,14H2,1-3H3;1-5,8H,6H2;1-2H2. The molecule has 2 atom stereocenters. The van der Waals surface area contributed by atoms with E-state index in [0.29, 0.717) is 16.5 Å². The number of allylic oxidation sites excluding steroid dienone is 3. The van der Waals surface area contributed by atoms with Gasteiger partial charge in [0.15, 0.2) is 0 Å². The third-order valence-electron chi connectivity index (χ3n) is 6.52. The molecule has 0 bridgehead atoms. The predicted octanol–water partition coefficient (Wildman–Crippen LogP) is 9.11. The summed E-state index contributed by atoms with van der Waals surface area (Å²) in [6.45, 7) is 12.4. The minimum atomic E-state index is -0.509. The molecule has 0 saturated carbocycles. The maximum absolute atomic E-state index is 9.89. The molecule has 1 heterocycles. The Hall–Kier alpha value is -2.86. The lowest BCUT2D eigenvalue weighted by Gasteiger charge is -2.36. The molecule has 3 aromatic rings. The molecule has 0 spiro atoms. The number of rotatable bonds is 8. The van der Waals surface area contributed by atoms with Crippen LogP contribution in [0.2, 0.25) is 10.0 Å². The topological polar surface area (TPSA) is 61.7 Å². The van der Waals surface area contributed by atoms with Crippen molar-refractivity contribution in [2.75, 3.05) is 0 Å². The molecule has 4 nitrogen and oxygen atoms in total. The Balaban J connectivity index is 0.000000451. The van der Waals surface area contributed by atoms with E-state index in [4.69, 9.17) is 33.2 Å². The van der Waals surface area contributed by atoms with Crippen LogP contribution in [0.3, 0.4) is 0 Å². The summed E-state index contributed by atoms with van der Waals surface area (Å²) in [5.41, 5.74) is 7.30. The number of aliphatic hydroxyl groups is 1. The molecule has 0 amide bonds. The van der Waals surface area contributed by atoms with Crippen LogP contribution in [0.5, 0.6) is 0 Å². The van der Waals surface area contributed by atoms with E-state index in [-0.39, 0.29) is 12.5 Å². The van der Waals surface area contributed by atoms with Crippen LogP contribution < -0.4 is 5.32 Å². The largest absolute Gasteiger partial charge is 0.392 e. The van der Waals surface area contributed by atoms with Crippen molar-refractivity contribution in [3.8, 4) is 0 Å². The van der Waals surface area contributed by atoms with Gasteiger partial charge in [0.1, 0.15) is 6.10 Å². The summed E-state index contributed by atoms with van der Waals surface area (Å²) in [6.07, 6.45) is 1.95. The van der Waals surface area contributed by atoms with Gasteiger partial charge in [-0.1, -0.05) is 109 Å². The Labute approximate surface area is 243 Å². The molecule has 1 aliphatic heterocycles. The molecule has 3 N–H and O–H groups in total. The number of benzene rings is 3. The summed E-state index contributed by atoms with van der Waals surface area (Å²) in [5.74, 6) is -0.108. The molecule has 1 aliphatic rings. The lowest BCUT2D eigenvalue weighted by molar-refractivity contribution is -0.269. The fraction of sp³-hybridized carbons (Fsp3) is 0.273. The van der Waals surface area contributed by atoms with E-state index in [1.54, 1.807) is 6.07 Å². The zero-order valence-corrected chi connectivity index (χ0v) is 24.5. The Morgan fingerprint density at radius 2 is 1.46 bits per heavy atom. The van der Waals surface area contributed by atoms with E-state index >= 15 is 0 Å². The van der Waals surface area contributed by atoms with Crippen LogP contribution in [-0.2, 0) is 17.9 Å². The molecule has 39 heavy (non-hydrogen) atoms. The van der Waals surface area contributed by atoms with Gasteiger partial charge < -0.3 is 10.4 Å².